The van der Waals surface area contributed by atoms with Gasteiger partial charge in [-0.1, -0.05) is 122 Å². The quantitative estimate of drug-likeness (QED) is 0.0247. The molecule has 0 bridgehead atoms. The summed E-state index contributed by atoms with van der Waals surface area (Å²) in [5.41, 5.74) is 8.19. The first-order valence-electron chi connectivity index (χ1n) is 19.0. The van der Waals surface area contributed by atoms with Crippen molar-refractivity contribution in [1.82, 2.24) is 9.55 Å². The molecular formula is C35H64N5O8PS. The van der Waals surface area contributed by atoms with Crippen molar-refractivity contribution >= 4 is 19.6 Å². The van der Waals surface area contributed by atoms with Gasteiger partial charge < -0.3 is 14.4 Å². The highest BCUT2D eigenvalue weighted by atomic mass is 32.2. The molecule has 5 atom stereocenters. The number of phosphoric ester groups is 1. The van der Waals surface area contributed by atoms with Crippen LogP contribution in [0.2, 0.25) is 0 Å². The number of nitrogens with zero attached hydrogens (tertiary/aromatic N) is 4. The molecule has 1 unspecified atom stereocenters. The van der Waals surface area contributed by atoms with Gasteiger partial charge in [-0.05, 0) is 31.0 Å². The van der Waals surface area contributed by atoms with Gasteiger partial charge in [-0.15, -0.1) is 0 Å². The first kappa shape index (κ1) is 44.5. The maximum Gasteiger partial charge on any atom is 0.472 e. The maximum absolute atomic E-state index is 12.9. The van der Waals surface area contributed by atoms with Crippen molar-refractivity contribution in [3.8, 4) is 0 Å². The van der Waals surface area contributed by atoms with E-state index in [-0.39, 0.29) is 19.1 Å². The lowest BCUT2D eigenvalue weighted by molar-refractivity contribution is -0.0315. The highest BCUT2D eigenvalue weighted by Crippen LogP contribution is 2.45. The van der Waals surface area contributed by atoms with Gasteiger partial charge in [0.2, 0.25) is 0 Å². The average Bonchev–Trinajstić information content (AvgIpc) is 3.49. The average molecular weight is 746 g/mol. The minimum absolute atomic E-state index is 0.101. The number of phosphoric acid groups is 1. The van der Waals surface area contributed by atoms with Crippen LogP contribution >= 0.6 is 19.6 Å². The van der Waals surface area contributed by atoms with Crippen LogP contribution in [-0.2, 0) is 23.1 Å². The number of H-pyrrole nitrogens is 1. The van der Waals surface area contributed by atoms with Crippen LogP contribution in [0.5, 0.6) is 0 Å². The molecule has 1 aliphatic heterocycles. The molecule has 1 aliphatic rings. The number of hydrogen-bond acceptors (Lipinski definition) is 9. The molecule has 1 fully saturated rings. The van der Waals surface area contributed by atoms with Crippen LogP contribution < -0.4 is 11.2 Å². The minimum Gasteiger partial charge on any atom is -0.375 e. The van der Waals surface area contributed by atoms with Crippen molar-refractivity contribution in [2.24, 2.45) is 5.11 Å². The summed E-state index contributed by atoms with van der Waals surface area (Å²) in [6.07, 6.45) is 21.8. The fourth-order valence-electron chi connectivity index (χ4n) is 5.94. The highest BCUT2D eigenvalue weighted by molar-refractivity contribution is 7.99. The SMILES string of the molecule is CCCCCCCCCCCCSC[C@@H](COP(=O)(O)OC[C@H]1O[C@@H](n2cc(C)c(=O)[nH]c2=O)C[C@@H]1N=[N+]=[N-])OCCCCCCCCCC. The number of aromatic amines is 1. The van der Waals surface area contributed by atoms with E-state index in [4.69, 9.17) is 24.1 Å². The topological polar surface area (TPSA) is 178 Å². The van der Waals surface area contributed by atoms with Crippen LogP contribution in [0, 0.1) is 6.92 Å². The first-order chi connectivity index (χ1) is 24.2. The molecule has 15 heteroatoms. The Morgan fingerprint density at radius 2 is 1.56 bits per heavy atom. The number of unbranched alkanes of at least 4 members (excludes halogenated alkanes) is 16. The molecule has 2 rings (SSSR count). The molecule has 1 saturated heterocycles. The number of ether oxygens (including phenoxy) is 2. The molecule has 50 heavy (non-hydrogen) atoms. The summed E-state index contributed by atoms with van der Waals surface area (Å²) in [4.78, 5) is 39.8. The molecule has 2 N–H and O–H groups in total. The fraction of sp³-hybridized carbons (Fsp3) is 0.886. The smallest absolute Gasteiger partial charge is 0.375 e. The number of hydrogen-bond donors (Lipinski definition) is 2. The molecular weight excluding hydrogens is 681 g/mol. The molecule has 2 heterocycles. The highest BCUT2D eigenvalue weighted by Gasteiger charge is 2.38. The zero-order valence-electron chi connectivity index (χ0n) is 30.8. The van der Waals surface area contributed by atoms with Gasteiger partial charge in [-0.2, -0.15) is 11.8 Å². The van der Waals surface area contributed by atoms with E-state index in [1.165, 1.54) is 107 Å². The van der Waals surface area contributed by atoms with Crippen LogP contribution in [0.4, 0.5) is 0 Å². The van der Waals surface area contributed by atoms with E-state index >= 15 is 0 Å². The van der Waals surface area contributed by atoms with Gasteiger partial charge >= 0.3 is 13.5 Å². The van der Waals surface area contributed by atoms with Gasteiger partial charge in [0.1, 0.15) is 6.23 Å². The molecule has 1 aromatic rings. The summed E-state index contributed by atoms with van der Waals surface area (Å²) >= 11 is 1.78. The maximum atomic E-state index is 12.9. The van der Waals surface area contributed by atoms with E-state index in [2.05, 4.69) is 28.9 Å². The van der Waals surface area contributed by atoms with Crippen LogP contribution in [0.1, 0.15) is 148 Å². The first-order valence-corrected chi connectivity index (χ1v) is 21.7. The van der Waals surface area contributed by atoms with Gasteiger partial charge in [0.15, 0.2) is 0 Å². The van der Waals surface area contributed by atoms with Gasteiger partial charge in [0.05, 0.1) is 31.5 Å². The molecule has 1 aromatic heterocycles. The van der Waals surface area contributed by atoms with Crippen LogP contribution in [0.3, 0.4) is 0 Å². The minimum atomic E-state index is -4.51. The number of nitrogens with one attached hydrogen (secondary N) is 1. The standard InChI is InChI=1S/C35H64N5O8PS/c1-4-6-8-10-12-14-15-17-19-21-23-50-28-30(45-22-20-18-16-13-11-9-7-5-2)26-46-49(43,44)47-27-32-31(38-39-36)24-33(48-32)40-25-29(3)34(41)37-35(40)42/h25,30-33H,4-24,26-28H2,1-3H3,(H,43,44)(H,37,41,42)/t30-,31+,32-,33-/m1/s1. The summed E-state index contributed by atoms with van der Waals surface area (Å²) in [6.45, 7) is 6.08. The van der Waals surface area contributed by atoms with E-state index in [1.54, 1.807) is 18.7 Å². The number of azide groups is 1. The molecule has 288 valence electrons. The zero-order valence-corrected chi connectivity index (χ0v) is 32.5. The predicted molar refractivity (Wildman–Crippen MR) is 201 cm³/mol. The summed E-state index contributed by atoms with van der Waals surface area (Å²) in [5.74, 6) is 1.65. The van der Waals surface area contributed by atoms with Crippen molar-refractivity contribution in [2.75, 3.05) is 31.3 Å². The third kappa shape index (κ3) is 19.3. The van der Waals surface area contributed by atoms with E-state index in [0.717, 1.165) is 25.0 Å². The Bertz CT molecular complexity index is 1260. The van der Waals surface area contributed by atoms with Crippen molar-refractivity contribution in [3.63, 3.8) is 0 Å². The molecule has 0 aromatic carbocycles. The second kappa shape index (κ2) is 27.0. The molecule has 0 aliphatic carbocycles. The third-order valence-electron chi connectivity index (χ3n) is 8.98. The van der Waals surface area contributed by atoms with E-state index in [9.17, 15) is 19.0 Å². The normalized spacial score (nSPS) is 19.3. The third-order valence-corrected chi connectivity index (χ3v) is 11.1. The van der Waals surface area contributed by atoms with Crippen molar-refractivity contribution < 1.29 is 28.0 Å². The number of aromatic nitrogens is 2. The molecule has 0 radical (unpaired) electrons. The lowest BCUT2D eigenvalue weighted by Gasteiger charge is -2.21. The van der Waals surface area contributed by atoms with Gasteiger partial charge in [-0.25, -0.2) is 9.36 Å². The Kier molecular flexibility index (Phi) is 24.1. The van der Waals surface area contributed by atoms with Crippen molar-refractivity contribution in [3.05, 3.63) is 43.0 Å². The molecule has 0 spiro atoms. The van der Waals surface area contributed by atoms with Crippen LogP contribution in [-0.4, -0.2) is 64.0 Å². The van der Waals surface area contributed by atoms with E-state index in [0.29, 0.717) is 17.9 Å². The number of thioether (sulfide) groups is 1. The van der Waals surface area contributed by atoms with Crippen molar-refractivity contribution in [1.29, 1.82) is 0 Å². The Hall–Kier alpha value is -1.63. The summed E-state index contributed by atoms with van der Waals surface area (Å²) < 4.78 is 36.8. The Morgan fingerprint density at radius 1 is 0.980 bits per heavy atom. The molecule has 13 nitrogen and oxygen atoms in total. The van der Waals surface area contributed by atoms with Gasteiger partial charge in [-0.3, -0.25) is 23.4 Å². The Balaban J connectivity index is 1.81. The second-order valence-electron chi connectivity index (χ2n) is 13.4. The predicted octanol–water partition coefficient (Wildman–Crippen LogP) is 9.13. The summed E-state index contributed by atoms with van der Waals surface area (Å²) in [7, 11) is -4.51. The van der Waals surface area contributed by atoms with Gasteiger partial charge in [0, 0.05) is 35.5 Å². The lowest BCUT2D eigenvalue weighted by Crippen LogP contribution is -2.33. The largest absolute Gasteiger partial charge is 0.472 e. The number of aryl methyl sites for hydroxylation is 1. The summed E-state index contributed by atoms with van der Waals surface area (Å²) in [6, 6.07) is -0.769. The van der Waals surface area contributed by atoms with Crippen LogP contribution in [0.15, 0.2) is 20.9 Å². The lowest BCUT2D eigenvalue weighted by atomic mass is 10.1. The van der Waals surface area contributed by atoms with E-state index < -0.39 is 44.1 Å². The number of rotatable bonds is 31. The van der Waals surface area contributed by atoms with Crippen molar-refractivity contribution in [2.45, 2.75) is 167 Å². The monoisotopic (exact) mass is 745 g/mol. The van der Waals surface area contributed by atoms with Gasteiger partial charge in [0.25, 0.3) is 5.56 Å². The zero-order chi connectivity index (χ0) is 36.5. The fourth-order valence-corrected chi connectivity index (χ4v) is 7.74. The van der Waals surface area contributed by atoms with E-state index in [1.807, 2.05) is 0 Å². The van der Waals surface area contributed by atoms with Crippen LogP contribution in [0.25, 0.3) is 10.4 Å². The second-order valence-corrected chi connectivity index (χ2v) is 16.0. The Labute approximate surface area is 303 Å². The molecule has 0 amide bonds. The molecule has 0 saturated carbocycles. The Morgan fingerprint density at radius 3 is 2.16 bits per heavy atom. The summed E-state index contributed by atoms with van der Waals surface area (Å²) in [5, 5.41) is 3.74.